The summed E-state index contributed by atoms with van der Waals surface area (Å²) in [5, 5.41) is 2.79. The van der Waals surface area contributed by atoms with E-state index in [9.17, 15) is 22.4 Å². The second-order valence-corrected chi connectivity index (χ2v) is 10.8. The minimum atomic E-state index is -3.36. The van der Waals surface area contributed by atoms with E-state index in [0.717, 1.165) is 37.8 Å². The predicted molar refractivity (Wildman–Crippen MR) is 108 cm³/mol. The van der Waals surface area contributed by atoms with E-state index < -0.39 is 32.5 Å². The lowest BCUT2D eigenvalue weighted by molar-refractivity contribution is 0.0935. The molecule has 1 saturated carbocycles. The van der Waals surface area contributed by atoms with Crippen LogP contribution in [-0.4, -0.2) is 37.7 Å². The summed E-state index contributed by atoms with van der Waals surface area (Å²) in [6.45, 7) is 5.36. The van der Waals surface area contributed by atoms with E-state index in [-0.39, 0.29) is 17.5 Å². The van der Waals surface area contributed by atoms with Gasteiger partial charge in [0.05, 0.1) is 4.75 Å². The van der Waals surface area contributed by atoms with Gasteiger partial charge >= 0.3 is 6.03 Å². The summed E-state index contributed by atoms with van der Waals surface area (Å²) in [5.74, 6) is -0.768. The van der Waals surface area contributed by atoms with E-state index in [1.807, 2.05) is 0 Å². The molecule has 4 N–H and O–H groups in total. The van der Waals surface area contributed by atoms with Crippen LogP contribution in [0.5, 0.6) is 0 Å². The van der Waals surface area contributed by atoms with E-state index in [2.05, 4.69) is 20.9 Å². The van der Waals surface area contributed by atoms with Gasteiger partial charge in [-0.2, -0.15) is 0 Å². The molecule has 1 aliphatic carbocycles. The first-order valence-corrected chi connectivity index (χ1v) is 11.1. The Labute approximate surface area is 171 Å². The normalized spacial score (nSPS) is 20.0. The highest BCUT2D eigenvalue weighted by Crippen LogP contribution is 2.24. The molecular weight excluding hydrogens is 399 g/mol. The number of carbonyl (C=O) groups is 2. The van der Waals surface area contributed by atoms with Crippen LogP contribution in [0.15, 0.2) is 24.3 Å². The maximum atomic E-state index is 12.9. The van der Waals surface area contributed by atoms with Gasteiger partial charge in [0.2, 0.25) is 10.0 Å². The number of sulfonamides is 1. The SMILES string of the molecule is CC(C)(C)S(=O)(=O)NC[C@H]1CC[C@H](NC(=O)NNC(=O)c2ccc(F)cc2)CC1. The van der Waals surface area contributed by atoms with E-state index >= 15 is 0 Å². The minimum Gasteiger partial charge on any atom is -0.334 e. The van der Waals surface area contributed by atoms with Crippen molar-refractivity contribution in [2.45, 2.75) is 57.2 Å². The molecule has 2 rings (SSSR count). The van der Waals surface area contributed by atoms with Gasteiger partial charge in [-0.25, -0.2) is 27.8 Å². The van der Waals surface area contributed by atoms with Crippen LogP contribution in [-0.2, 0) is 10.0 Å². The number of benzene rings is 1. The average Bonchev–Trinajstić information content (AvgIpc) is 2.65. The minimum absolute atomic E-state index is 0.0480. The molecule has 0 unspecified atom stereocenters. The molecule has 1 aliphatic rings. The Kier molecular flexibility index (Phi) is 7.59. The highest BCUT2D eigenvalue weighted by atomic mass is 32.2. The molecule has 8 nitrogen and oxygen atoms in total. The van der Waals surface area contributed by atoms with Gasteiger partial charge in [-0.15, -0.1) is 0 Å². The number of halogens is 1. The van der Waals surface area contributed by atoms with Gasteiger partial charge in [-0.1, -0.05) is 0 Å². The van der Waals surface area contributed by atoms with Crippen LogP contribution in [0.1, 0.15) is 56.8 Å². The van der Waals surface area contributed by atoms with Crippen molar-refractivity contribution in [2.24, 2.45) is 5.92 Å². The third kappa shape index (κ3) is 6.97. The third-order valence-electron chi connectivity index (χ3n) is 4.95. The summed E-state index contributed by atoms with van der Waals surface area (Å²) in [7, 11) is -3.36. The molecule has 3 amide bonds. The number of amides is 3. The molecule has 29 heavy (non-hydrogen) atoms. The number of nitrogens with one attached hydrogen (secondary N) is 4. The Balaban J connectivity index is 1.69. The molecule has 162 valence electrons. The quantitative estimate of drug-likeness (QED) is 0.537. The first-order chi connectivity index (χ1) is 13.5. The standard InChI is InChI=1S/C19H29FN4O4S/c1-19(2,3)29(27,28)21-12-13-4-10-16(11-5-13)22-18(26)24-23-17(25)14-6-8-15(20)9-7-14/h6-9,13,16,21H,4-5,10-12H2,1-3H3,(H,23,25)(H2,22,24,26)/t13-,16-. The maximum absolute atomic E-state index is 12.9. The van der Waals surface area contributed by atoms with Gasteiger partial charge in [0, 0.05) is 18.2 Å². The van der Waals surface area contributed by atoms with Crippen LogP contribution < -0.4 is 20.9 Å². The summed E-state index contributed by atoms with van der Waals surface area (Å²) in [4.78, 5) is 23.8. The lowest BCUT2D eigenvalue weighted by Crippen LogP contribution is -2.50. The molecule has 0 radical (unpaired) electrons. The Morgan fingerprint density at radius 3 is 2.17 bits per heavy atom. The van der Waals surface area contributed by atoms with Gasteiger partial charge in [-0.05, 0) is 76.6 Å². The lowest BCUT2D eigenvalue weighted by Gasteiger charge is -2.30. The molecule has 10 heteroatoms. The van der Waals surface area contributed by atoms with Crippen LogP contribution >= 0.6 is 0 Å². The number of hydrazine groups is 1. The molecule has 0 aliphatic heterocycles. The Morgan fingerprint density at radius 2 is 1.62 bits per heavy atom. The second-order valence-electron chi connectivity index (χ2n) is 8.24. The molecule has 1 fully saturated rings. The van der Waals surface area contributed by atoms with E-state index in [1.165, 1.54) is 12.1 Å². The summed E-state index contributed by atoms with van der Waals surface area (Å²) in [6.07, 6.45) is 3.03. The zero-order chi connectivity index (χ0) is 21.7. The van der Waals surface area contributed by atoms with E-state index in [4.69, 9.17) is 0 Å². The molecule has 1 aromatic rings. The summed E-state index contributed by atoms with van der Waals surface area (Å²) in [6, 6.07) is 4.38. The van der Waals surface area contributed by atoms with Crippen LogP contribution in [0.2, 0.25) is 0 Å². The van der Waals surface area contributed by atoms with Gasteiger partial charge in [0.15, 0.2) is 0 Å². The van der Waals surface area contributed by atoms with Crippen LogP contribution in [0.4, 0.5) is 9.18 Å². The number of carbonyl (C=O) groups excluding carboxylic acids is 2. The number of hydrogen-bond donors (Lipinski definition) is 4. The van der Waals surface area contributed by atoms with Crippen molar-refractivity contribution >= 4 is 22.0 Å². The Morgan fingerprint density at radius 1 is 1.03 bits per heavy atom. The lowest BCUT2D eigenvalue weighted by atomic mass is 9.86. The van der Waals surface area contributed by atoms with Crippen molar-refractivity contribution < 1.29 is 22.4 Å². The molecule has 0 spiro atoms. The highest BCUT2D eigenvalue weighted by molar-refractivity contribution is 7.90. The van der Waals surface area contributed by atoms with E-state index in [0.29, 0.717) is 6.54 Å². The predicted octanol–water partition coefficient (Wildman–Crippen LogP) is 2.05. The zero-order valence-corrected chi connectivity index (χ0v) is 17.7. The van der Waals surface area contributed by atoms with Crippen molar-refractivity contribution in [1.29, 1.82) is 0 Å². The van der Waals surface area contributed by atoms with Crippen molar-refractivity contribution in [2.75, 3.05) is 6.54 Å². The second kappa shape index (κ2) is 9.53. The highest BCUT2D eigenvalue weighted by Gasteiger charge is 2.30. The number of rotatable bonds is 5. The summed E-state index contributed by atoms with van der Waals surface area (Å²) in [5.41, 5.74) is 4.77. The number of hydrogen-bond acceptors (Lipinski definition) is 4. The van der Waals surface area contributed by atoms with Gasteiger partial charge in [-0.3, -0.25) is 10.2 Å². The summed E-state index contributed by atoms with van der Waals surface area (Å²) >= 11 is 0. The zero-order valence-electron chi connectivity index (χ0n) is 16.9. The van der Waals surface area contributed by atoms with Crippen molar-refractivity contribution in [3.05, 3.63) is 35.6 Å². The average molecular weight is 429 g/mol. The topological polar surface area (TPSA) is 116 Å². The fourth-order valence-corrected chi connectivity index (χ4v) is 3.85. The van der Waals surface area contributed by atoms with Crippen LogP contribution in [0.25, 0.3) is 0 Å². The molecule has 0 atom stereocenters. The summed E-state index contributed by atoms with van der Waals surface area (Å²) < 4.78 is 38.9. The molecule has 0 saturated heterocycles. The molecule has 0 aromatic heterocycles. The smallest absolute Gasteiger partial charge is 0.333 e. The van der Waals surface area contributed by atoms with Gasteiger partial charge in [0.1, 0.15) is 5.82 Å². The van der Waals surface area contributed by atoms with Gasteiger partial charge < -0.3 is 5.32 Å². The maximum Gasteiger partial charge on any atom is 0.333 e. The van der Waals surface area contributed by atoms with Crippen molar-refractivity contribution in [3.8, 4) is 0 Å². The Bertz CT molecular complexity index is 814. The Hall–Kier alpha value is -2.20. The first-order valence-electron chi connectivity index (χ1n) is 9.59. The van der Waals surface area contributed by atoms with E-state index in [1.54, 1.807) is 20.8 Å². The fourth-order valence-electron chi connectivity index (χ4n) is 2.96. The molecular formula is C19H29FN4O4S. The van der Waals surface area contributed by atoms with Crippen molar-refractivity contribution in [3.63, 3.8) is 0 Å². The monoisotopic (exact) mass is 428 g/mol. The van der Waals surface area contributed by atoms with Gasteiger partial charge in [0.25, 0.3) is 5.91 Å². The molecule has 0 heterocycles. The largest absolute Gasteiger partial charge is 0.334 e. The fraction of sp³-hybridized carbons (Fsp3) is 0.579. The third-order valence-corrected chi connectivity index (χ3v) is 7.11. The van der Waals surface area contributed by atoms with Crippen LogP contribution in [0, 0.1) is 11.7 Å². The number of urea groups is 1. The molecule has 0 bridgehead atoms. The first kappa shape index (κ1) is 23.1. The van der Waals surface area contributed by atoms with Crippen LogP contribution in [0.3, 0.4) is 0 Å². The van der Waals surface area contributed by atoms with Crippen molar-refractivity contribution in [1.82, 2.24) is 20.9 Å². The molecule has 1 aromatic carbocycles.